The van der Waals surface area contributed by atoms with Gasteiger partial charge in [0.25, 0.3) is 0 Å². The van der Waals surface area contributed by atoms with Crippen LogP contribution in [-0.2, 0) is 4.79 Å². The van der Waals surface area contributed by atoms with Crippen molar-refractivity contribution in [3.8, 4) is 0 Å². The summed E-state index contributed by atoms with van der Waals surface area (Å²) in [4.78, 5) is 28.4. The zero-order valence-corrected chi connectivity index (χ0v) is 18.3. The van der Waals surface area contributed by atoms with Crippen molar-refractivity contribution in [2.45, 2.75) is 52.4 Å². The fourth-order valence-corrected chi connectivity index (χ4v) is 4.39. The number of nitrogens with zero attached hydrogens (tertiary/aromatic N) is 5. The molecule has 2 saturated heterocycles. The maximum Gasteiger partial charge on any atom is 0.222 e. The lowest BCUT2D eigenvalue weighted by molar-refractivity contribution is -0.133. The third-order valence-electron chi connectivity index (χ3n) is 6.17. The zero-order chi connectivity index (χ0) is 20.5. The van der Waals surface area contributed by atoms with Crippen LogP contribution in [0.25, 0.3) is 0 Å². The number of piperidine rings is 1. The summed E-state index contributed by atoms with van der Waals surface area (Å²) < 4.78 is 0. The first-order chi connectivity index (χ1) is 14.2. The fourth-order valence-electron chi connectivity index (χ4n) is 4.39. The van der Waals surface area contributed by atoms with E-state index in [1.54, 1.807) is 6.33 Å². The van der Waals surface area contributed by atoms with Gasteiger partial charge >= 0.3 is 0 Å². The lowest BCUT2D eigenvalue weighted by Crippen LogP contribution is -2.49. The molecule has 7 heteroatoms. The highest BCUT2D eigenvalue weighted by molar-refractivity contribution is 5.76. The number of hydrogen-bond acceptors (Lipinski definition) is 6. The second-order valence-corrected chi connectivity index (χ2v) is 8.36. The molecule has 0 bridgehead atoms. The molecule has 1 aromatic heterocycles. The highest BCUT2D eigenvalue weighted by Crippen LogP contribution is 2.26. The van der Waals surface area contributed by atoms with Crippen LogP contribution >= 0.6 is 0 Å². The first-order valence-electron chi connectivity index (χ1n) is 11.5. The molecule has 3 rings (SSSR count). The van der Waals surface area contributed by atoms with Crippen LogP contribution in [0.5, 0.6) is 0 Å². The van der Waals surface area contributed by atoms with Gasteiger partial charge in [-0.05, 0) is 45.1 Å². The molecule has 29 heavy (non-hydrogen) atoms. The van der Waals surface area contributed by atoms with E-state index in [0.29, 0.717) is 18.2 Å². The van der Waals surface area contributed by atoms with Crippen LogP contribution in [0.4, 0.5) is 11.6 Å². The summed E-state index contributed by atoms with van der Waals surface area (Å²) >= 11 is 0. The molecule has 1 aromatic rings. The molecule has 1 amide bonds. The number of rotatable bonds is 9. The van der Waals surface area contributed by atoms with Gasteiger partial charge in [-0.3, -0.25) is 9.69 Å². The van der Waals surface area contributed by atoms with E-state index >= 15 is 0 Å². The third-order valence-corrected chi connectivity index (χ3v) is 6.17. The van der Waals surface area contributed by atoms with Gasteiger partial charge < -0.3 is 15.1 Å². The fraction of sp³-hybridized carbons (Fsp3) is 0.773. The van der Waals surface area contributed by atoms with Crippen molar-refractivity contribution in [3.05, 3.63) is 12.4 Å². The summed E-state index contributed by atoms with van der Waals surface area (Å²) in [5, 5.41) is 3.26. The van der Waals surface area contributed by atoms with Gasteiger partial charge in [0.1, 0.15) is 18.0 Å². The van der Waals surface area contributed by atoms with Crippen LogP contribution in [-0.4, -0.2) is 78.0 Å². The van der Waals surface area contributed by atoms with E-state index in [9.17, 15) is 4.79 Å². The molecule has 0 aromatic carbocycles. The molecule has 162 valence electrons. The normalized spacial score (nSPS) is 20.7. The van der Waals surface area contributed by atoms with E-state index in [2.05, 4.69) is 43.8 Å². The van der Waals surface area contributed by atoms with Crippen molar-refractivity contribution < 1.29 is 4.79 Å². The summed E-state index contributed by atoms with van der Waals surface area (Å²) in [7, 11) is 0. The van der Waals surface area contributed by atoms with Gasteiger partial charge in [0, 0.05) is 58.3 Å². The minimum absolute atomic E-state index is 0.341. The smallest absolute Gasteiger partial charge is 0.222 e. The maximum atomic E-state index is 12.7. The second kappa shape index (κ2) is 11.3. The molecule has 2 aliphatic rings. The van der Waals surface area contributed by atoms with Crippen LogP contribution in [0.3, 0.4) is 0 Å². The number of unbranched alkanes of at least 4 members (excludes halogenated alkanes) is 1. The number of aromatic nitrogens is 2. The number of nitrogens with one attached hydrogen (secondary N) is 1. The Hall–Kier alpha value is -1.89. The van der Waals surface area contributed by atoms with Gasteiger partial charge in [0.2, 0.25) is 5.91 Å². The van der Waals surface area contributed by atoms with Gasteiger partial charge in [-0.15, -0.1) is 0 Å². The van der Waals surface area contributed by atoms with Crippen molar-refractivity contribution >= 4 is 17.5 Å². The molecule has 0 saturated carbocycles. The maximum absolute atomic E-state index is 12.7. The van der Waals surface area contributed by atoms with E-state index in [1.165, 1.54) is 25.8 Å². The zero-order valence-electron chi connectivity index (χ0n) is 18.3. The van der Waals surface area contributed by atoms with Crippen molar-refractivity contribution in [2.75, 3.05) is 62.6 Å². The molecule has 2 fully saturated rings. The Labute approximate surface area is 175 Å². The number of carbonyl (C=O) groups excluding carboxylic acids is 1. The summed E-state index contributed by atoms with van der Waals surface area (Å²) in [5.74, 6) is 2.79. The Morgan fingerprint density at radius 1 is 1.17 bits per heavy atom. The molecular weight excluding hydrogens is 364 g/mol. The highest BCUT2D eigenvalue weighted by atomic mass is 16.2. The lowest BCUT2D eigenvalue weighted by atomic mass is 9.93. The average Bonchev–Trinajstić information content (AvgIpc) is 2.77. The van der Waals surface area contributed by atoms with Gasteiger partial charge in [0.15, 0.2) is 0 Å². The molecular formula is C22H38N6O. The Bertz CT molecular complexity index is 631. The predicted molar refractivity (Wildman–Crippen MR) is 118 cm³/mol. The van der Waals surface area contributed by atoms with Crippen LogP contribution in [0.2, 0.25) is 0 Å². The summed E-state index contributed by atoms with van der Waals surface area (Å²) in [5.41, 5.74) is 0. The summed E-state index contributed by atoms with van der Waals surface area (Å²) in [6.45, 7) is 12.2. The van der Waals surface area contributed by atoms with E-state index in [4.69, 9.17) is 0 Å². The number of anilines is 2. The Balaban J connectivity index is 1.43. The van der Waals surface area contributed by atoms with E-state index < -0.39 is 0 Å². The molecule has 0 aliphatic carbocycles. The van der Waals surface area contributed by atoms with Crippen molar-refractivity contribution in [1.29, 1.82) is 0 Å². The average molecular weight is 403 g/mol. The first-order valence-corrected chi connectivity index (χ1v) is 11.5. The minimum atomic E-state index is 0.341. The third kappa shape index (κ3) is 6.56. The van der Waals surface area contributed by atoms with Gasteiger partial charge in [-0.1, -0.05) is 13.3 Å². The Kier molecular flexibility index (Phi) is 8.52. The predicted octanol–water partition coefficient (Wildman–Crippen LogP) is 2.85. The van der Waals surface area contributed by atoms with E-state index in [-0.39, 0.29) is 0 Å². The summed E-state index contributed by atoms with van der Waals surface area (Å²) in [6.07, 6.45) is 8.17. The van der Waals surface area contributed by atoms with Crippen LogP contribution in [0.15, 0.2) is 12.4 Å². The summed E-state index contributed by atoms with van der Waals surface area (Å²) in [6, 6.07) is 2.04. The molecule has 1 N–H and O–H groups in total. The van der Waals surface area contributed by atoms with Crippen LogP contribution < -0.4 is 10.2 Å². The highest BCUT2D eigenvalue weighted by Gasteiger charge is 2.24. The second-order valence-electron chi connectivity index (χ2n) is 8.36. The lowest BCUT2D eigenvalue weighted by Gasteiger charge is -2.36. The minimum Gasteiger partial charge on any atom is -0.370 e. The van der Waals surface area contributed by atoms with E-state index in [1.807, 2.05) is 6.07 Å². The molecule has 0 radical (unpaired) electrons. The SMILES string of the molecule is CCCCN1CCN(C(=O)CC[C@H]2CCCN(c3cc(NCC)ncn3)C2)CC1. The standard InChI is InChI=1S/C22H38N6O/c1-3-5-10-26-12-14-27(15-13-26)22(29)9-8-19-7-6-11-28(17-19)21-16-20(23-4-2)24-18-25-21/h16,18-19H,3-15,17H2,1-2H3,(H,23,24,25)/t19-/m1/s1. The van der Waals surface area contributed by atoms with Crippen molar-refractivity contribution in [2.24, 2.45) is 5.92 Å². The largest absolute Gasteiger partial charge is 0.370 e. The number of piperazine rings is 1. The molecule has 2 aliphatic heterocycles. The first kappa shape index (κ1) is 21.8. The van der Waals surface area contributed by atoms with Crippen LogP contribution in [0, 0.1) is 5.92 Å². The Morgan fingerprint density at radius 3 is 2.76 bits per heavy atom. The van der Waals surface area contributed by atoms with Gasteiger partial charge in [-0.25, -0.2) is 9.97 Å². The molecule has 1 atom stereocenters. The topological polar surface area (TPSA) is 64.6 Å². The van der Waals surface area contributed by atoms with Crippen molar-refractivity contribution in [3.63, 3.8) is 0 Å². The monoisotopic (exact) mass is 402 g/mol. The Morgan fingerprint density at radius 2 is 2.00 bits per heavy atom. The van der Waals surface area contributed by atoms with E-state index in [0.717, 1.165) is 70.3 Å². The number of amides is 1. The van der Waals surface area contributed by atoms with Crippen LogP contribution in [0.1, 0.15) is 52.4 Å². The molecule has 0 spiro atoms. The van der Waals surface area contributed by atoms with Gasteiger partial charge in [0.05, 0.1) is 0 Å². The molecule has 7 nitrogen and oxygen atoms in total. The number of hydrogen-bond donors (Lipinski definition) is 1. The molecule has 3 heterocycles. The quantitative estimate of drug-likeness (QED) is 0.685. The van der Waals surface area contributed by atoms with Crippen molar-refractivity contribution in [1.82, 2.24) is 19.8 Å². The number of carbonyl (C=O) groups is 1. The van der Waals surface area contributed by atoms with Gasteiger partial charge in [-0.2, -0.15) is 0 Å². The molecule has 0 unspecified atom stereocenters.